The van der Waals surface area contributed by atoms with Crippen molar-refractivity contribution in [2.75, 3.05) is 13.6 Å². The molecule has 0 aliphatic carbocycles. The highest BCUT2D eigenvalue weighted by atomic mass is 19.1. The molecule has 1 rings (SSSR count). The van der Waals surface area contributed by atoms with Crippen molar-refractivity contribution in [3.63, 3.8) is 0 Å². The summed E-state index contributed by atoms with van der Waals surface area (Å²) in [5.41, 5.74) is 3.08. The van der Waals surface area contributed by atoms with Crippen molar-refractivity contribution in [2.24, 2.45) is 0 Å². The Labute approximate surface area is 84.6 Å². The summed E-state index contributed by atoms with van der Waals surface area (Å²) in [6.07, 6.45) is 4.06. The van der Waals surface area contributed by atoms with Gasteiger partial charge < -0.3 is 5.32 Å². The molecule has 1 aromatic rings. The Morgan fingerprint density at radius 1 is 1.29 bits per heavy atom. The van der Waals surface area contributed by atoms with Crippen LogP contribution in [0.3, 0.4) is 0 Å². The molecule has 76 valence electrons. The molecule has 0 aromatic heterocycles. The molecule has 1 N–H and O–H groups in total. The highest BCUT2D eigenvalue weighted by Crippen LogP contribution is 2.17. The fourth-order valence-corrected chi connectivity index (χ4v) is 1.48. The van der Waals surface area contributed by atoms with Crippen molar-refractivity contribution in [1.29, 1.82) is 0 Å². The van der Waals surface area contributed by atoms with Gasteiger partial charge in [-0.2, -0.15) is 0 Å². The SMILES string of the molecule is CNCC=Cc1c(C)cc(F)cc1C. The van der Waals surface area contributed by atoms with Crippen LogP contribution in [0.25, 0.3) is 6.08 Å². The first-order chi connectivity index (χ1) is 6.65. The molecule has 0 unspecified atom stereocenters. The molecule has 0 aliphatic rings. The van der Waals surface area contributed by atoms with Crippen LogP contribution < -0.4 is 5.32 Å². The smallest absolute Gasteiger partial charge is 0.123 e. The van der Waals surface area contributed by atoms with Gasteiger partial charge >= 0.3 is 0 Å². The monoisotopic (exact) mass is 193 g/mol. The van der Waals surface area contributed by atoms with Crippen molar-refractivity contribution in [3.05, 3.63) is 40.7 Å². The Kier molecular flexibility index (Phi) is 3.84. The van der Waals surface area contributed by atoms with Crippen LogP contribution in [-0.4, -0.2) is 13.6 Å². The number of benzene rings is 1. The molecule has 1 nitrogen and oxygen atoms in total. The number of likely N-dealkylation sites (N-methyl/N-ethyl adjacent to an activating group) is 1. The van der Waals surface area contributed by atoms with Crippen LogP contribution in [-0.2, 0) is 0 Å². The minimum Gasteiger partial charge on any atom is -0.316 e. The van der Waals surface area contributed by atoms with Crippen molar-refractivity contribution in [2.45, 2.75) is 13.8 Å². The number of nitrogens with one attached hydrogen (secondary N) is 1. The van der Waals surface area contributed by atoms with E-state index in [1.54, 1.807) is 12.1 Å². The van der Waals surface area contributed by atoms with Crippen molar-refractivity contribution >= 4 is 6.08 Å². The van der Waals surface area contributed by atoms with Crippen LogP contribution in [0.1, 0.15) is 16.7 Å². The van der Waals surface area contributed by atoms with Gasteiger partial charge in [-0.1, -0.05) is 12.2 Å². The van der Waals surface area contributed by atoms with E-state index < -0.39 is 0 Å². The first-order valence-electron chi connectivity index (χ1n) is 4.73. The van der Waals surface area contributed by atoms with Gasteiger partial charge in [-0.15, -0.1) is 0 Å². The summed E-state index contributed by atoms with van der Waals surface area (Å²) in [7, 11) is 1.90. The molecule has 0 spiro atoms. The van der Waals surface area contributed by atoms with E-state index in [-0.39, 0.29) is 5.82 Å². The van der Waals surface area contributed by atoms with Crippen LogP contribution in [0.2, 0.25) is 0 Å². The molecule has 2 heteroatoms. The van der Waals surface area contributed by atoms with Gasteiger partial charge in [-0.05, 0) is 49.7 Å². The molecule has 14 heavy (non-hydrogen) atoms. The summed E-state index contributed by atoms with van der Waals surface area (Å²) in [6.45, 7) is 4.68. The number of aryl methyl sites for hydroxylation is 2. The van der Waals surface area contributed by atoms with E-state index in [1.165, 1.54) is 0 Å². The molecule has 0 saturated heterocycles. The van der Waals surface area contributed by atoms with Crippen LogP contribution >= 0.6 is 0 Å². The van der Waals surface area contributed by atoms with E-state index in [4.69, 9.17) is 0 Å². The van der Waals surface area contributed by atoms with E-state index in [0.29, 0.717) is 0 Å². The zero-order chi connectivity index (χ0) is 10.6. The Bertz CT molecular complexity index is 319. The average Bonchev–Trinajstić information content (AvgIpc) is 2.09. The molecule has 0 saturated carbocycles. The minimum absolute atomic E-state index is 0.161. The third-order valence-electron chi connectivity index (χ3n) is 2.16. The summed E-state index contributed by atoms with van der Waals surface area (Å²) in [5.74, 6) is -0.161. The van der Waals surface area contributed by atoms with Gasteiger partial charge in [0.15, 0.2) is 0 Å². The number of hydrogen-bond donors (Lipinski definition) is 1. The zero-order valence-corrected chi connectivity index (χ0v) is 8.89. The lowest BCUT2D eigenvalue weighted by Crippen LogP contribution is -2.03. The molecule has 0 atom stereocenters. The Morgan fingerprint density at radius 3 is 2.36 bits per heavy atom. The number of hydrogen-bond acceptors (Lipinski definition) is 1. The molecular formula is C12H16FN. The zero-order valence-electron chi connectivity index (χ0n) is 8.89. The molecule has 0 radical (unpaired) electrons. The summed E-state index contributed by atoms with van der Waals surface area (Å²) in [6, 6.07) is 3.12. The number of rotatable bonds is 3. The normalized spacial score (nSPS) is 11.1. The van der Waals surface area contributed by atoms with Gasteiger partial charge in [-0.25, -0.2) is 4.39 Å². The molecular weight excluding hydrogens is 177 g/mol. The molecule has 0 fully saturated rings. The first kappa shape index (κ1) is 10.9. The molecule has 0 bridgehead atoms. The summed E-state index contributed by atoms with van der Waals surface area (Å²) >= 11 is 0. The maximum absolute atomic E-state index is 13.0. The third kappa shape index (κ3) is 2.67. The van der Waals surface area contributed by atoms with Crippen LogP contribution in [0.15, 0.2) is 18.2 Å². The largest absolute Gasteiger partial charge is 0.316 e. The topological polar surface area (TPSA) is 12.0 Å². The highest BCUT2D eigenvalue weighted by Gasteiger charge is 2.01. The molecule has 0 aliphatic heterocycles. The summed E-state index contributed by atoms with van der Waals surface area (Å²) < 4.78 is 13.0. The minimum atomic E-state index is -0.161. The molecule has 0 amide bonds. The summed E-state index contributed by atoms with van der Waals surface area (Å²) in [4.78, 5) is 0. The second-order valence-corrected chi connectivity index (χ2v) is 3.41. The predicted molar refractivity (Wildman–Crippen MR) is 58.8 cm³/mol. The maximum atomic E-state index is 13.0. The molecule has 0 heterocycles. The van der Waals surface area contributed by atoms with Crippen LogP contribution in [0.5, 0.6) is 0 Å². The van der Waals surface area contributed by atoms with E-state index in [0.717, 1.165) is 23.2 Å². The van der Waals surface area contributed by atoms with Gasteiger partial charge in [0.2, 0.25) is 0 Å². The maximum Gasteiger partial charge on any atom is 0.123 e. The molecule has 1 aromatic carbocycles. The second-order valence-electron chi connectivity index (χ2n) is 3.41. The Morgan fingerprint density at radius 2 is 1.86 bits per heavy atom. The Balaban J connectivity index is 2.96. The van der Waals surface area contributed by atoms with Gasteiger partial charge in [0, 0.05) is 6.54 Å². The number of halogens is 1. The van der Waals surface area contributed by atoms with Crippen molar-refractivity contribution in [3.8, 4) is 0 Å². The van der Waals surface area contributed by atoms with E-state index in [1.807, 2.05) is 33.0 Å². The van der Waals surface area contributed by atoms with Crippen LogP contribution in [0.4, 0.5) is 4.39 Å². The van der Waals surface area contributed by atoms with Gasteiger partial charge in [-0.3, -0.25) is 0 Å². The van der Waals surface area contributed by atoms with Gasteiger partial charge in [0.25, 0.3) is 0 Å². The van der Waals surface area contributed by atoms with E-state index in [9.17, 15) is 4.39 Å². The average molecular weight is 193 g/mol. The van der Waals surface area contributed by atoms with Gasteiger partial charge in [0.05, 0.1) is 0 Å². The Hall–Kier alpha value is -1.15. The highest BCUT2D eigenvalue weighted by molar-refractivity contribution is 5.57. The van der Waals surface area contributed by atoms with E-state index in [2.05, 4.69) is 5.32 Å². The standard InChI is InChI=1S/C12H16FN/c1-9-7-11(13)8-10(2)12(9)5-4-6-14-3/h4-5,7-8,14H,6H2,1-3H3. The quantitative estimate of drug-likeness (QED) is 0.778. The van der Waals surface area contributed by atoms with Crippen molar-refractivity contribution in [1.82, 2.24) is 5.32 Å². The predicted octanol–water partition coefficient (Wildman–Crippen LogP) is 2.68. The lowest BCUT2D eigenvalue weighted by molar-refractivity contribution is 0.625. The van der Waals surface area contributed by atoms with Gasteiger partial charge in [0.1, 0.15) is 5.82 Å². The lowest BCUT2D eigenvalue weighted by atomic mass is 10.0. The second kappa shape index (κ2) is 4.91. The van der Waals surface area contributed by atoms with Crippen molar-refractivity contribution < 1.29 is 4.39 Å². The lowest BCUT2D eigenvalue weighted by Gasteiger charge is -2.05. The first-order valence-corrected chi connectivity index (χ1v) is 4.73. The van der Waals surface area contributed by atoms with E-state index >= 15 is 0 Å². The third-order valence-corrected chi connectivity index (χ3v) is 2.16. The summed E-state index contributed by atoms with van der Waals surface area (Å²) in [5, 5.41) is 3.03. The van der Waals surface area contributed by atoms with Crippen LogP contribution in [0, 0.1) is 19.7 Å². The fourth-order valence-electron chi connectivity index (χ4n) is 1.48. The fraction of sp³-hybridized carbons (Fsp3) is 0.333.